The van der Waals surface area contributed by atoms with Crippen LogP contribution in [0.5, 0.6) is 23.0 Å². The summed E-state index contributed by atoms with van der Waals surface area (Å²) in [6, 6.07) is -1.26. The minimum absolute atomic E-state index is 0.358. The van der Waals surface area contributed by atoms with Crippen molar-refractivity contribution in [2.75, 3.05) is 40.4 Å². The van der Waals surface area contributed by atoms with Gasteiger partial charge in [0.1, 0.15) is 38.8 Å². The van der Waals surface area contributed by atoms with Crippen LogP contribution in [0.15, 0.2) is 34.1 Å². The average Bonchev–Trinajstić information content (AvgIpc) is 2.91. The number of carboxylic acids is 3. The number of hydrogen-bond donors (Lipinski definition) is 9. The van der Waals surface area contributed by atoms with Crippen LogP contribution in [0.2, 0.25) is 0 Å². The summed E-state index contributed by atoms with van der Waals surface area (Å²) in [7, 11) is -8.29. The zero-order valence-corrected chi connectivity index (χ0v) is 25.4. The summed E-state index contributed by atoms with van der Waals surface area (Å²) in [4.78, 5) is 34.9. The molecule has 0 spiro atoms. The van der Waals surface area contributed by atoms with E-state index in [2.05, 4.69) is 0 Å². The van der Waals surface area contributed by atoms with Gasteiger partial charge < -0.3 is 45.2 Å². The molecule has 0 amide bonds. The minimum atomic E-state index is -5.19. The van der Waals surface area contributed by atoms with Gasteiger partial charge in [-0.05, 0) is 12.1 Å². The molecule has 20 nitrogen and oxygen atoms in total. The molecule has 0 aromatic heterocycles. The Morgan fingerprint density at radius 2 is 1.11 bits per heavy atom. The highest BCUT2D eigenvalue weighted by atomic mass is 32.2. The fourth-order valence-electron chi connectivity index (χ4n) is 4.52. The molecule has 0 aliphatic rings. The van der Waals surface area contributed by atoms with E-state index in [1.807, 2.05) is 0 Å². The number of hydrogen-bond acceptors (Lipinski definition) is 15. The number of aliphatic hydroxyl groups excluding tert-OH is 1. The number of ether oxygens (including phenoxy) is 2. The molecular formula is C24H30N2O18S2. The summed E-state index contributed by atoms with van der Waals surface area (Å²) in [6.07, 6.45) is -2.62. The van der Waals surface area contributed by atoms with Crippen molar-refractivity contribution in [2.24, 2.45) is 0 Å². The fourth-order valence-corrected chi connectivity index (χ4v) is 5.78. The van der Waals surface area contributed by atoms with E-state index in [1.54, 1.807) is 0 Å². The largest absolute Gasteiger partial charge is 0.506 e. The van der Waals surface area contributed by atoms with Gasteiger partial charge in [0.15, 0.2) is 6.29 Å². The molecule has 1 unspecified atom stereocenters. The van der Waals surface area contributed by atoms with Crippen LogP contribution in [-0.2, 0) is 34.6 Å². The second kappa shape index (κ2) is 14.9. The Balaban J connectivity index is 2.75. The lowest BCUT2D eigenvalue weighted by Crippen LogP contribution is -2.46. The number of rotatable bonds is 17. The monoisotopic (exact) mass is 698 g/mol. The first kappa shape index (κ1) is 37.9. The molecule has 0 saturated heterocycles. The summed E-state index contributed by atoms with van der Waals surface area (Å²) in [5, 5.41) is 70.9. The second-order valence-electron chi connectivity index (χ2n) is 9.40. The third-order valence-corrected chi connectivity index (χ3v) is 8.16. The third-order valence-electron chi connectivity index (χ3n) is 6.42. The lowest BCUT2D eigenvalue weighted by Gasteiger charge is -2.35. The highest BCUT2D eigenvalue weighted by molar-refractivity contribution is 7.86. The zero-order chi connectivity index (χ0) is 35.3. The van der Waals surface area contributed by atoms with E-state index >= 15 is 0 Å². The van der Waals surface area contributed by atoms with Crippen molar-refractivity contribution in [1.29, 1.82) is 0 Å². The number of aliphatic carboxylic acids is 3. The van der Waals surface area contributed by atoms with Crippen LogP contribution in [0.3, 0.4) is 0 Å². The van der Waals surface area contributed by atoms with Crippen LogP contribution in [0.4, 0.5) is 0 Å². The molecule has 0 aliphatic carbocycles. The molecule has 0 fully saturated rings. The van der Waals surface area contributed by atoms with Gasteiger partial charge in [-0.15, -0.1) is 0 Å². The smallest absolute Gasteiger partial charge is 0.325 e. The fraction of sp³-hybridized carbons (Fsp3) is 0.375. The van der Waals surface area contributed by atoms with Gasteiger partial charge in [-0.2, -0.15) is 16.8 Å². The first-order valence-electron chi connectivity index (χ1n) is 12.4. The molecule has 2 aromatic rings. The van der Waals surface area contributed by atoms with Crippen LogP contribution in [0.1, 0.15) is 23.2 Å². The predicted octanol–water partition coefficient (Wildman–Crippen LogP) is -1.44. The number of phenols is 2. The molecule has 0 saturated carbocycles. The molecular weight excluding hydrogens is 668 g/mol. The zero-order valence-electron chi connectivity index (χ0n) is 23.8. The maximum absolute atomic E-state index is 12.5. The summed E-state index contributed by atoms with van der Waals surface area (Å²) in [5.74, 6) is -8.49. The predicted molar refractivity (Wildman–Crippen MR) is 149 cm³/mol. The van der Waals surface area contributed by atoms with Gasteiger partial charge in [-0.1, -0.05) is 0 Å². The molecule has 9 N–H and O–H groups in total. The third kappa shape index (κ3) is 9.13. The van der Waals surface area contributed by atoms with Crippen LogP contribution < -0.4 is 9.47 Å². The molecule has 0 radical (unpaired) electrons. The Bertz CT molecular complexity index is 1690. The molecule has 2 rings (SSSR count). The van der Waals surface area contributed by atoms with Crippen molar-refractivity contribution in [3.8, 4) is 23.0 Å². The van der Waals surface area contributed by atoms with Crippen molar-refractivity contribution < 1.29 is 85.5 Å². The van der Waals surface area contributed by atoms with E-state index in [0.29, 0.717) is 21.9 Å². The van der Waals surface area contributed by atoms with E-state index in [9.17, 15) is 76.1 Å². The van der Waals surface area contributed by atoms with Crippen LogP contribution in [0.25, 0.3) is 0 Å². The quantitative estimate of drug-likeness (QED) is 0.0674. The molecule has 46 heavy (non-hydrogen) atoms. The highest BCUT2D eigenvalue weighted by Gasteiger charge is 2.37. The van der Waals surface area contributed by atoms with Crippen molar-refractivity contribution >= 4 is 38.1 Å². The molecule has 2 atom stereocenters. The summed E-state index contributed by atoms with van der Waals surface area (Å²) in [6.45, 7) is -3.90. The number of nitrogens with zero attached hydrogens (tertiary/aromatic N) is 2. The van der Waals surface area contributed by atoms with Gasteiger partial charge in [0.05, 0.1) is 33.4 Å². The van der Waals surface area contributed by atoms with Gasteiger partial charge in [-0.3, -0.25) is 33.3 Å². The molecule has 0 heterocycles. The Morgan fingerprint density at radius 3 is 1.48 bits per heavy atom. The number of carbonyl (C=O) groups is 3. The first-order valence-corrected chi connectivity index (χ1v) is 15.3. The Morgan fingerprint density at radius 1 is 0.717 bits per heavy atom. The molecule has 0 bridgehead atoms. The normalized spacial score (nSPS) is 13.5. The molecule has 0 aliphatic heterocycles. The number of aliphatic hydroxyl groups is 2. The van der Waals surface area contributed by atoms with Gasteiger partial charge in [-0.25, -0.2) is 0 Å². The number of phenolic OH excluding ortho intramolecular Hbond substituents is 2. The highest BCUT2D eigenvalue weighted by Crippen LogP contribution is 2.40. The second-order valence-corrected chi connectivity index (χ2v) is 12.2. The van der Waals surface area contributed by atoms with Crippen LogP contribution in [0, 0.1) is 0 Å². The summed E-state index contributed by atoms with van der Waals surface area (Å²) >= 11 is 0. The minimum Gasteiger partial charge on any atom is -0.506 e. The van der Waals surface area contributed by atoms with Crippen molar-refractivity contribution in [2.45, 2.75) is 28.2 Å². The van der Waals surface area contributed by atoms with Crippen LogP contribution in [-0.4, -0.2) is 136 Å². The number of carboxylic acid groups (broad SMARTS) is 3. The van der Waals surface area contributed by atoms with Crippen molar-refractivity contribution in [1.82, 2.24) is 9.80 Å². The van der Waals surface area contributed by atoms with Crippen molar-refractivity contribution in [3.05, 3.63) is 35.4 Å². The van der Waals surface area contributed by atoms with E-state index < -0.39 is 115 Å². The van der Waals surface area contributed by atoms with E-state index in [4.69, 9.17) is 9.47 Å². The number of methoxy groups -OCH3 is 2. The summed E-state index contributed by atoms with van der Waals surface area (Å²) < 4.78 is 76.4. The Hall–Kier alpha value is -4.29. The molecule has 256 valence electrons. The first-order chi connectivity index (χ1) is 21.1. The van der Waals surface area contributed by atoms with E-state index in [-0.39, 0.29) is 11.5 Å². The Labute approximate surface area is 260 Å². The SMILES string of the molecule is COc1cc(C(C(O)O)N(CCN(CC(=O)O)[C@@H](C(=O)O)c2cc(OC)cc(S(=O)(=O)O)c2O)CC(=O)O)c(O)c(S(=O)(=O)O)c1. The molecule has 2 aromatic carbocycles. The number of benzene rings is 2. The molecule has 22 heteroatoms. The standard InChI is InChI=1S/C24H30N2O18S2/c1-43-11-5-13(21(31)15(7-11)45(37,38)39)19(23(33)34)25(9-17(27)28)3-4-26(10-18(29)30)20(24(35)36)14-6-12(44-2)8-16(22(14)32)46(40,41)42/h5-8,19-20,23,31-34H,3-4,9-10H2,1-2H3,(H,27,28)(H,29,30)(H,35,36)(H,37,38,39)(H,40,41,42)/t19?,20-/m1/s1. The van der Waals surface area contributed by atoms with Crippen LogP contribution >= 0.6 is 0 Å². The van der Waals surface area contributed by atoms with Gasteiger partial charge in [0, 0.05) is 36.3 Å². The van der Waals surface area contributed by atoms with Gasteiger partial charge >= 0.3 is 17.9 Å². The lowest BCUT2D eigenvalue weighted by atomic mass is 10.0. The number of aromatic hydroxyl groups is 2. The average molecular weight is 699 g/mol. The van der Waals surface area contributed by atoms with E-state index in [0.717, 1.165) is 26.4 Å². The van der Waals surface area contributed by atoms with Crippen molar-refractivity contribution in [3.63, 3.8) is 0 Å². The van der Waals surface area contributed by atoms with E-state index in [1.165, 1.54) is 0 Å². The van der Waals surface area contributed by atoms with Gasteiger partial charge in [0.2, 0.25) is 0 Å². The summed E-state index contributed by atoms with van der Waals surface area (Å²) in [5.41, 5.74) is -1.49. The lowest BCUT2D eigenvalue weighted by molar-refractivity contribution is -0.150. The maximum atomic E-state index is 12.5. The van der Waals surface area contributed by atoms with Gasteiger partial charge in [0.25, 0.3) is 20.2 Å². The Kier molecular flexibility index (Phi) is 12.2. The maximum Gasteiger partial charge on any atom is 0.325 e. The topological polar surface area (TPSA) is 326 Å².